The Kier molecular flexibility index (Phi) is 9.31. The summed E-state index contributed by atoms with van der Waals surface area (Å²) >= 11 is 6.54. The fraction of sp³-hybridized carbons (Fsp3) is 0.200. The summed E-state index contributed by atoms with van der Waals surface area (Å²) < 4.78 is 5.84. The van der Waals surface area contributed by atoms with E-state index in [1.54, 1.807) is 12.1 Å². The van der Waals surface area contributed by atoms with Gasteiger partial charge in [-0.1, -0.05) is 48.0 Å². The number of aromatic nitrogens is 1. The van der Waals surface area contributed by atoms with Crippen LogP contribution in [0.2, 0.25) is 5.02 Å². The van der Waals surface area contributed by atoms with E-state index in [9.17, 15) is 4.79 Å². The predicted octanol–water partition coefficient (Wildman–Crippen LogP) is 9.22. The molecule has 0 aliphatic carbocycles. The Balaban J connectivity index is 1.57. The van der Waals surface area contributed by atoms with E-state index < -0.39 is 0 Å². The van der Waals surface area contributed by atoms with Gasteiger partial charge in [-0.05, 0) is 101 Å². The molecule has 1 aromatic heterocycles. The maximum absolute atomic E-state index is 12.8. The number of anilines is 1. The monoisotopic (exact) mass is 565 g/mol. The van der Waals surface area contributed by atoms with Crippen molar-refractivity contribution in [3.05, 3.63) is 124 Å². The number of benzene rings is 3. The van der Waals surface area contributed by atoms with Crippen molar-refractivity contribution in [1.29, 1.82) is 0 Å². The first kappa shape index (κ1) is 29.6. The van der Waals surface area contributed by atoms with Crippen molar-refractivity contribution < 1.29 is 9.53 Å². The molecule has 0 radical (unpaired) electrons. The summed E-state index contributed by atoms with van der Waals surface area (Å²) in [4.78, 5) is 17.8. The number of pyridine rings is 1. The van der Waals surface area contributed by atoms with Gasteiger partial charge in [-0.2, -0.15) is 0 Å². The van der Waals surface area contributed by atoms with Crippen LogP contribution >= 0.6 is 11.6 Å². The number of aryl methyl sites for hydroxylation is 2. The molecule has 1 amide bonds. The maximum Gasteiger partial charge on any atom is 0.251 e. The van der Waals surface area contributed by atoms with Crippen LogP contribution in [0.1, 0.15) is 54.7 Å². The van der Waals surface area contributed by atoms with Crippen LogP contribution in [-0.2, 0) is 4.74 Å². The molecule has 5 nitrogen and oxygen atoms in total. The summed E-state index contributed by atoms with van der Waals surface area (Å²) in [5.41, 5.74) is 8.82. The zero-order valence-electron chi connectivity index (χ0n) is 24.5. The van der Waals surface area contributed by atoms with Crippen LogP contribution in [0.25, 0.3) is 27.9 Å². The van der Waals surface area contributed by atoms with Gasteiger partial charge in [-0.3, -0.25) is 4.79 Å². The molecule has 0 aliphatic rings. The standard InChI is InChI=1S/C35H36ClN3O2/c1-8-24(6)41-33(21(2)3)20-37-35(40)26-13-15-27(16-14-26)38-25(7)29-19-32(28-11-9-10-12-31(28)36)39-34-23(5)17-22(4)18-30(29)34/h8-19,38H,7,20H2,1-6H3,(H,37,40)/b24-8-. The van der Waals surface area contributed by atoms with E-state index in [-0.39, 0.29) is 5.91 Å². The molecule has 41 heavy (non-hydrogen) atoms. The molecule has 0 bridgehead atoms. The van der Waals surface area contributed by atoms with E-state index >= 15 is 0 Å². The Labute approximate surface area is 247 Å². The zero-order valence-corrected chi connectivity index (χ0v) is 25.2. The average molecular weight is 566 g/mol. The van der Waals surface area contributed by atoms with Gasteiger partial charge in [-0.25, -0.2) is 4.98 Å². The van der Waals surface area contributed by atoms with Crippen molar-refractivity contribution in [2.75, 3.05) is 11.9 Å². The van der Waals surface area contributed by atoms with E-state index in [2.05, 4.69) is 43.2 Å². The highest BCUT2D eigenvalue weighted by Crippen LogP contribution is 2.34. The van der Waals surface area contributed by atoms with E-state index in [1.165, 1.54) is 0 Å². The van der Waals surface area contributed by atoms with Crippen LogP contribution in [0.3, 0.4) is 0 Å². The third-order valence-corrected chi connectivity index (χ3v) is 7.15. The largest absolute Gasteiger partial charge is 0.465 e. The van der Waals surface area contributed by atoms with Gasteiger partial charge < -0.3 is 15.4 Å². The number of amides is 1. The molecular formula is C35H36ClN3O2. The fourth-order valence-electron chi connectivity index (χ4n) is 4.51. The molecule has 4 aromatic rings. The lowest BCUT2D eigenvalue weighted by molar-refractivity contribution is 0.0950. The molecule has 0 saturated heterocycles. The van der Waals surface area contributed by atoms with Crippen molar-refractivity contribution in [2.24, 2.45) is 0 Å². The maximum atomic E-state index is 12.8. The first-order chi connectivity index (χ1) is 19.6. The van der Waals surface area contributed by atoms with E-state index in [4.69, 9.17) is 21.3 Å². The quantitative estimate of drug-likeness (QED) is 0.198. The van der Waals surface area contributed by atoms with Gasteiger partial charge in [0.2, 0.25) is 0 Å². The van der Waals surface area contributed by atoms with Gasteiger partial charge >= 0.3 is 0 Å². The van der Waals surface area contributed by atoms with Crippen LogP contribution in [0, 0.1) is 13.8 Å². The number of carbonyl (C=O) groups is 1. The molecule has 1 heterocycles. The molecule has 210 valence electrons. The second-order valence-corrected chi connectivity index (χ2v) is 10.7. The van der Waals surface area contributed by atoms with Crippen molar-refractivity contribution in [2.45, 2.75) is 41.5 Å². The molecule has 6 heteroatoms. The van der Waals surface area contributed by atoms with Crippen molar-refractivity contribution in [3.63, 3.8) is 0 Å². The number of nitrogens with zero attached hydrogens (tertiary/aromatic N) is 1. The summed E-state index contributed by atoms with van der Waals surface area (Å²) in [6.45, 7) is 16.5. The molecule has 3 aromatic carbocycles. The Morgan fingerprint density at radius 2 is 1.73 bits per heavy atom. The number of hydrogen-bond acceptors (Lipinski definition) is 4. The summed E-state index contributed by atoms with van der Waals surface area (Å²) in [5.74, 6) is 1.35. The highest BCUT2D eigenvalue weighted by atomic mass is 35.5. The second-order valence-electron chi connectivity index (χ2n) is 10.3. The van der Waals surface area contributed by atoms with Gasteiger partial charge in [0.15, 0.2) is 0 Å². The Morgan fingerprint density at radius 1 is 1.02 bits per heavy atom. The molecular weight excluding hydrogens is 530 g/mol. The van der Waals surface area contributed by atoms with Gasteiger partial charge in [-0.15, -0.1) is 0 Å². The molecule has 0 unspecified atom stereocenters. The molecule has 0 saturated carbocycles. The number of fused-ring (bicyclic) bond motifs is 1. The van der Waals surface area contributed by atoms with Crippen molar-refractivity contribution in [1.82, 2.24) is 10.3 Å². The van der Waals surface area contributed by atoms with Crippen LogP contribution < -0.4 is 10.6 Å². The predicted molar refractivity (Wildman–Crippen MR) is 172 cm³/mol. The van der Waals surface area contributed by atoms with Crippen LogP contribution in [-0.4, -0.2) is 17.4 Å². The average Bonchev–Trinajstić information content (AvgIpc) is 2.95. The smallest absolute Gasteiger partial charge is 0.251 e. The molecule has 4 rings (SSSR count). The first-order valence-electron chi connectivity index (χ1n) is 13.6. The number of rotatable bonds is 9. The number of nitrogens with one attached hydrogen (secondary N) is 2. The van der Waals surface area contributed by atoms with E-state index in [0.717, 1.165) is 67.3 Å². The summed E-state index contributed by atoms with van der Waals surface area (Å²) in [6.07, 6.45) is 1.89. The van der Waals surface area contributed by atoms with Gasteiger partial charge in [0.25, 0.3) is 5.91 Å². The minimum atomic E-state index is -0.175. The Morgan fingerprint density at radius 3 is 2.39 bits per heavy atom. The van der Waals surface area contributed by atoms with E-state index in [1.807, 2.05) is 76.2 Å². The molecule has 2 N–H and O–H groups in total. The normalized spacial score (nSPS) is 11.2. The Bertz CT molecular complexity index is 1680. The number of hydrogen-bond donors (Lipinski definition) is 2. The molecule has 0 atom stereocenters. The first-order valence-corrected chi connectivity index (χ1v) is 13.9. The lowest BCUT2D eigenvalue weighted by Crippen LogP contribution is -2.26. The SMILES string of the molecule is C=C(Nc1ccc(C(=O)NCC(O/C(C)=C\C)=C(C)C)cc1)c1cc(-c2ccccc2Cl)nc2c(C)cc(C)cc12. The highest BCUT2D eigenvalue weighted by molar-refractivity contribution is 6.33. The number of ether oxygens (including phenoxy) is 1. The summed E-state index contributed by atoms with van der Waals surface area (Å²) in [6, 6.07) is 21.3. The number of carbonyl (C=O) groups excluding carboxylic acids is 1. The Hall–Kier alpha value is -4.35. The van der Waals surface area contributed by atoms with Gasteiger partial charge in [0.1, 0.15) is 5.76 Å². The molecule has 0 spiro atoms. The highest BCUT2D eigenvalue weighted by Gasteiger charge is 2.15. The van der Waals surface area contributed by atoms with Crippen LogP contribution in [0.5, 0.6) is 0 Å². The van der Waals surface area contributed by atoms with Crippen molar-refractivity contribution >= 4 is 39.8 Å². The summed E-state index contributed by atoms with van der Waals surface area (Å²) in [7, 11) is 0. The van der Waals surface area contributed by atoms with Crippen molar-refractivity contribution in [3.8, 4) is 11.3 Å². The molecule has 0 fully saturated rings. The topological polar surface area (TPSA) is 63.2 Å². The number of halogens is 1. The van der Waals surface area contributed by atoms with Gasteiger partial charge in [0, 0.05) is 38.5 Å². The summed E-state index contributed by atoms with van der Waals surface area (Å²) in [5, 5.41) is 8.02. The second kappa shape index (κ2) is 12.9. The number of allylic oxidation sites excluding steroid dienone is 3. The van der Waals surface area contributed by atoms with E-state index in [0.29, 0.717) is 17.1 Å². The lowest BCUT2D eigenvalue weighted by Gasteiger charge is -2.17. The van der Waals surface area contributed by atoms with Crippen LogP contribution in [0.4, 0.5) is 5.69 Å². The zero-order chi connectivity index (χ0) is 29.7. The van der Waals surface area contributed by atoms with Crippen LogP contribution in [0.15, 0.2) is 96.5 Å². The molecule has 0 aliphatic heterocycles. The fourth-order valence-corrected chi connectivity index (χ4v) is 4.75. The lowest BCUT2D eigenvalue weighted by atomic mass is 9.98. The third-order valence-electron chi connectivity index (χ3n) is 6.82. The minimum Gasteiger partial charge on any atom is -0.465 e. The third kappa shape index (κ3) is 7.05. The minimum absolute atomic E-state index is 0.175. The van der Waals surface area contributed by atoms with Gasteiger partial charge in [0.05, 0.1) is 23.5 Å².